The smallest absolute Gasteiger partial charge is 0.321 e. The molecule has 0 aromatic heterocycles. The van der Waals surface area contributed by atoms with E-state index >= 15 is 0 Å². The van der Waals surface area contributed by atoms with Crippen LogP contribution in [0.5, 0.6) is 0 Å². The molecule has 3 amide bonds. The fourth-order valence-electron chi connectivity index (χ4n) is 3.27. The highest BCUT2D eigenvalue weighted by molar-refractivity contribution is 6.17. The molecular formula is C23H19N3O3. The quantitative estimate of drug-likeness (QED) is 0.658. The maximum Gasteiger partial charge on any atom is 0.321 e. The van der Waals surface area contributed by atoms with Gasteiger partial charge in [-0.15, -0.1) is 0 Å². The Bertz CT molecular complexity index is 1060. The molecule has 1 aliphatic heterocycles. The van der Waals surface area contributed by atoms with Crippen molar-refractivity contribution >= 4 is 29.1 Å². The Labute approximate surface area is 168 Å². The summed E-state index contributed by atoms with van der Waals surface area (Å²) in [5.41, 5.74) is 2.53. The fourth-order valence-corrected chi connectivity index (χ4v) is 3.27. The molecule has 1 heterocycles. The molecule has 1 aliphatic rings. The summed E-state index contributed by atoms with van der Waals surface area (Å²) in [5, 5.41) is 5.58. The van der Waals surface area contributed by atoms with E-state index in [1.165, 1.54) is 0 Å². The van der Waals surface area contributed by atoms with Crippen LogP contribution in [0.15, 0.2) is 78.9 Å². The molecule has 6 heteroatoms. The van der Waals surface area contributed by atoms with Gasteiger partial charge in [0.1, 0.15) is 0 Å². The lowest BCUT2D eigenvalue weighted by atomic mass is 9.98. The van der Waals surface area contributed by atoms with Gasteiger partial charge < -0.3 is 10.6 Å². The van der Waals surface area contributed by atoms with Crippen molar-refractivity contribution in [3.05, 3.63) is 95.6 Å². The molecule has 0 unspecified atom stereocenters. The first-order valence-electron chi connectivity index (χ1n) is 9.29. The van der Waals surface area contributed by atoms with Crippen molar-refractivity contribution in [2.24, 2.45) is 0 Å². The second-order valence-electron chi connectivity index (χ2n) is 6.63. The Morgan fingerprint density at radius 3 is 2.14 bits per heavy atom. The summed E-state index contributed by atoms with van der Waals surface area (Å²) < 4.78 is 0. The molecule has 1 saturated heterocycles. The zero-order valence-corrected chi connectivity index (χ0v) is 15.6. The van der Waals surface area contributed by atoms with E-state index in [4.69, 9.17) is 0 Å². The lowest BCUT2D eigenvalue weighted by molar-refractivity contribution is 0.0996. The van der Waals surface area contributed by atoms with Crippen LogP contribution in [0, 0.1) is 0 Å². The number of hydrogen-bond acceptors (Lipinski definition) is 3. The highest BCUT2D eigenvalue weighted by Crippen LogP contribution is 2.21. The molecule has 29 heavy (non-hydrogen) atoms. The zero-order chi connectivity index (χ0) is 20.2. The van der Waals surface area contributed by atoms with E-state index in [1.807, 2.05) is 6.07 Å². The Kier molecular flexibility index (Phi) is 5.07. The molecule has 1 fully saturated rings. The van der Waals surface area contributed by atoms with Gasteiger partial charge >= 0.3 is 6.03 Å². The topological polar surface area (TPSA) is 78.5 Å². The summed E-state index contributed by atoms with van der Waals surface area (Å²) >= 11 is 0. The number of benzene rings is 3. The Morgan fingerprint density at radius 1 is 0.828 bits per heavy atom. The number of carbonyl (C=O) groups excluding carboxylic acids is 3. The number of ketones is 1. The van der Waals surface area contributed by atoms with Gasteiger partial charge in [-0.05, 0) is 30.3 Å². The number of nitrogens with one attached hydrogen (secondary N) is 2. The Hall–Kier alpha value is -3.93. The fraction of sp³-hybridized carbons (Fsp3) is 0.0870. The van der Waals surface area contributed by atoms with E-state index < -0.39 is 0 Å². The van der Waals surface area contributed by atoms with E-state index in [0.717, 1.165) is 5.69 Å². The monoisotopic (exact) mass is 385 g/mol. The van der Waals surface area contributed by atoms with Gasteiger partial charge in [-0.3, -0.25) is 14.5 Å². The van der Waals surface area contributed by atoms with Crippen LogP contribution in [0.1, 0.15) is 26.3 Å². The first kappa shape index (κ1) is 18.4. The predicted molar refractivity (Wildman–Crippen MR) is 111 cm³/mol. The van der Waals surface area contributed by atoms with Gasteiger partial charge in [-0.2, -0.15) is 0 Å². The lowest BCUT2D eigenvalue weighted by Crippen LogP contribution is -2.27. The van der Waals surface area contributed by atoms with Gasteiger partial charge in [0.25, 0.3) is 5.91 Å². The molecule has 2 N–H and O–H groups in total. The van der Waals surface area contributed by atoms with Gasteiger partial charge in [-0.25, -0.2) is 4.79 Å². The number of nitrogens with zero attached hydrogens (tertiary/aromatic N) is 1. The van der Waals surface area contributed by atoms with Gasteiger partial charge in [0.05, 0.1) is 5.56 Å². The number of urea groups is 1. The molecule has 144 valence electrons. The minimum atomic E-state index is -0.364. The zero-order valence-electron chi connectivity index (χ0n) is 15.6. The molecule has 4 rings (SSSR count). The lowest BCUT2D eigenvalue weighted by Gasteiger charge is -2.15. The van der Waals surface area contributed by atoms with E-state index in [0.29, 0.717) is 35.5 Å². The number of rotatable bonds is 5. The predicted octanol–water partition coefficient (Wildman–Crippen LogP) is 3.70. The summed E-state index contributed by atoms with van der Waals surface area (Å²) in [6.45, 7) is 1.23. The summed E-state index contributed by atoms with van der Waals surface area (Å²) in [7, 11) is 0. The molecule has 0 spiro atoms. The average molecular weight is 385 g/mol. The summed E-state index contributed by atoms with van der Waals surface area (Å²) in [5.74, 6) is -0.566. The largest absolute Gasteiger partial charge is 0.336 e. The minimum absolute atomic E-state index is 0.130. The van der Waals surface area contributed by atoms with Crippen LogP contribution in [-0.2, 0) is 0 Å². The van der Waals surface area contributed by atoms with E-state index in [2.05, 4.69) is 10.6 Å². The van der Waals surface area contributed by atoms with Gasteiger partial charge in [0, 0.05) is 35.6 Å². The molecule has 0 bridgehead atoms. The van der Waals surface area contributed by atoms with Crippen LogP contribution in [0.3, 0.4) is 0 Å². The summed E-state index contributed by atoms with van der Waals surface area (Å²) in [6, 6.07) is 22.5. The highest BCUT2D eigenvalue weighted by Gasteiger charge is 2.21. The molecule has 0 atom stereocenters. The van der Waals surface area contributed by atoms with Crippen LogP contribution < -0.4 is 15.5 Å². The standard InChI is InChI=1S/C23H19N3O3/c27-21(16-6-2-1-3-7-16)19-8-4-5-9-20(19)22(28)25-17-10-12-18(13-11-17)26-15-14-24-23(26)29/h1-13H,14-15H2,(H,24,29)(H,25,28). The molecule has 6 nitrogen and oxygen atoms in total. The maximum absolute atomic E-state index is 12.8. The average Bonchev–Trinajstić information content (AvgIpc) is 3.20. The molecule has 3 aromatic rings. The van der Waals surface area contributed by atoms with Crippen molar-refractivity contribution < 1.29 is 14.4 Å². The third-order valence-corrected chi connectivity index (χ3v) is 4.75. The molecular weight excluding hydrogens is 366 g/mol. The Balaban J connectivity index is 1.53. The van der Waals surface area contributed by atoms with Gasteiger partial charge in [-0.1, -0.05) is 48.5 Å². The minimum Gasteiger partial charge on any atom is -0.336 e. The normalized spacial score (nSPS) is 13.1. The summed E-state index contributed by atoms with van der Waals surface area (Å²) in [6.07, 6.45) is 0. The van der Waals surface area contributed by atoms with Crippen LogP contribution in [0.2, 0.25) is 0 Å². The van der Waals surface area contributed by atoms with Gasteiger partial charge in [0.15, 0.2) is 5.78 Å². The highest BCUT2D eigenvalue weighted by atomic mass is 16.2. The maximum atomic E-state index is 12.8. The van der Waals surface area contributed by atoms with Crippen molar-refractivity contribution in [2.45, 2.75) is 0 Å². The van der Waals surface area contributed by atoms with Crippen molar-refractivity contribution in [3.8, 4) is 0 Å². The number of hydrogen-bond donors (Lipinski definition) is 2. The number of amides is 3. The summed E-state index contributed by atoms with van der Waals surface area (Å²) in [4.78, 5) is 39.0. The molecule has 0 saturated carbocycles. The number of anilines is 2. The first-order valence-corrected chi connectivity index (χ1v) is 9.29. The van der Waals surface area contributed by atoms with Crippen molar-refractivity contribution in [3.63, 3.8) is 0 Å². The van der Waals surface area contributed by atoms with Crippen molar-refractivity contribution in [1.82, 2.24) is 5.32 Å². The molecule has 0 aliphatic carbocycles. The van der Waals surface area contributed by atoms with Crippen LogP contribution in [0.4, 0.5) is 16.2 Å². The van der Waals surface area contributed by atoms with Crippen molar-refractivity contribution in [1.29, 1.82) is 0 Å². The van der Waals surface area contributed by atoms with E-state index in [-0.39, 0.29) is 17.7 Å². The van der Waals surface area contributed by atoms with Crippen LogP contribution >= 0.6 is 0 Å². The third-order valence-electron chi connectivity index (χ3n) is 4.75. The molecule has 0 radical (unpaired) electrons. The second kappa shape index (κ2) is 7.98. The first-order chi connectivity index (χ1) is 14.1. The van der Waals surface area contributed by atoms with E-state index in [1.54, 1.807) is 77.7 Å². The van der Waals surface area contributed by atoms with Crippen LogP contribution in [-0.4, -0.2) is 30.8 Å². The third kappa shape index (κ3) is 3.87. The molecule has 3 aromatic carbocycles. The van der Waals surface area contributed by atoms with Gasteiger partial charge in [0.2, 0.25) is 0 Å². The second-order valence-corrected chi connectivity index (χ2v) is 6.63. The number of carbonyl (C=O) groups is 3. The van der Waals surface area contributed by atoms with Crippen molar-refractivity contribution in [2.75, 3.05) is 23.3 Å². The SMILES string of the molecule is O=C(Nc1ccc(N2CCNC2=O)cc1)c1ccccc1C(=O)c1ccccc1. The van der Waals surface area contributed by atoms with E-state index in [9.17, 15) is 14.4 Å². The van der Waals surface area contributed by atoms with Crippen LogP contribution in [0.25, 0.3) is 0 Å². The Morgan fingerprint density at radius 2 is 1.48 bits per heavy atom.